The lowest BCUT2D eigenvalue weighted by Gasteiger charge is -2.06. The summed E-state index contributed by atoms with van der Waals surface area (Å²) in [5.41, 5.74) is 0.443. The molecule has 1 aromatic heterocycles. The lowest BCUT2D eigenvalue weighted by Crippen LogP contribution is -2.06. The molecule has 0 aliphatic rings. The van der Waals surface area contributed by atoms with E-state index in [1.165, 1.54) is 16.7 Å². The van der Waals surface area contributed by atoms with E-state index in [0.717, 1.165) is 6.26 Å². The lowest BCUT2D eigenvalue weighted by atomic mass is 10.2. The van der Waals surface area contributed by atoms with Gasteiger partial charge >= 0.3 is 0 Å². The van der Waals surface area contributed by atoms with Gasteiger partial charge in [0, 0.05) is 29.0 Å². The van der Waals surface area contributed by atoms with Crippen molar-refractivity contribution in [2.24, 2.45) is 0 Å². The molecule has 0 aliphatic carbocycles. The summed E-state index contributed by atoms with van der Waals surface area (Å²) in [6, 6.07) is 6.03. The zero-order chi connectivity index (χ0) is 15.8. The van der Waals surface area contributed by atoms with Crippen molar-refractivity contribution in [1.29, 1.82) is 0 Å². The Labute approximate surface area is 126 Å². The maximum atomic E-state index is 11.6. The van der Waals surface area contributed by atoms with Crippen LogP contribution in [0.1, 0.15) is 6.92 Å². The molecule has 0 radical (unpaired) electrons. The van der Waals surface area contributed by atoms with Crippen LogP contribution in [0.3, 0.4) is 0 Å². The quantitative estimate of drug-likeness (QED) is 0.771. The van der Waals surface area contributed by atoms with E-state index in [2.05, 4.69) is 10.2 Å². The number of hydrogen-bond donors (Lipinski definition) is 0. The van der Waals surface area contributed by atoms with Crippen molar-refractivity contribution in [3.63, 3.8) is 0 Å². The van der Waals surface area contributed by atoms with Crippen LogP contribution in [-0.4, -0.2) is 37.9 Å². The van der Waals surface area contributed by atoms with Gasteiger partial charge in [0.05, 0.1) is 4.90 Å². The van der Waals surface area contributed by atoms with E-state index in [1.807, 2.05) is 0 Å². The Balaban J connectivity index is 2.66. The molecule has 10 heteroatoms. The van der Waals surface area contributed by atoms with E-state index in [-0.39, 0.29) is 22.4 Å². The zero-order valence-electron chi connectivity index (χ0n) is 11.2. The van der Waals surface area contributed by atoms with Crippen LogP contribution in [0.5, 0.6) is 0 Å². The second-order valence-electron chi connectivity index (χ2n) is 4.29. The molecular formula is C11H12ClN3O4S2. The van der Waals surface area contributed by atoms with Crippen LogP contribution in [-0.2, 0) is 25.4 Å². The highest BCUT2D eigenvalue weighted by atomic mass is 35.7. The van der Waals surface area contributed by atoms with Gasteiger partial charge in [0.1, 0.15) is 0 Å². The Morgan fingerprint density at radius 2 is 1.86 bits per heavy atom. The molecule has 0 amide bonds. The molecule has 0 unspecified atom stereocenters. The molecule has 1 aromatic carbocycles. The first-order valence-corrected chi connectivity index (χ1v) is 10.0. The Bertz CT molecular complexity index is 888. The first-order valence-electron chi connectivity index (χ1n) is 5.83. The fraction of sp³-hybridized carbons (Fsp3) is 0.273. The summed E-state index contributed by atoms with van der Waals surface area (Å²) in [5.74, 6) is 0.238. The fourth-order valence-electron chi connectivity index (χ4n) is 1.83. The minimum Gasteiger partial charge on any atom is -0.297 e. The van der Waals surface area contributed by atoms with E-state index in [0.29, 0.717) is 5.56 Å². The molecular weight excluding hydrogens is 338 g/mol. The second kappa shape index (κ2) is 5.39. The topological polar surface area (TPSA) is 99.0 Å². The zero-order valence-corrected chi connectivity index (χ0v) is 13.6. The summed E-state index contributed by atoms with van der Waals surface area (Å²) < 4.78 is 47.3. The number of halogens is 1. The predicted molar refractivity (Wildman–Crippen MR) is 77.3 cm³/mol. The van der Waals surface area contributed by atoms with Gasteiger partial charge in [-0.25, -0.2) is 16.8 Å². The maximum absolute atomic E-state index is 11.6. The predicted octanol–water partition coefficient (Wildman–Crippen LogP) is 1.30. The molecule has 0 aliphatic heterocycles. The SMILES string of the molecule is CCn1c(-c2cccc(S(C)(=O)=O)c2)nnc1S(=O)(=O)Cl. The third-order valence-electron chi connectivity index (χ3n) is 2.77. The van der Waals surface area contributed by atoms with Crippen LogP contribution in [0.2, 0.25) is 0 Å². The van der Waals surface area contributed by atoms with Crippen molar-refractivity contribution in [2.75, 3.05) is 6.26 Å². The standard InChI is InChI=1S/C11H12ClN3O4S2/c1-3-15-10(13-14-11(15)21(12,18)19)8-5-4-6-9(7-8)20(2,16)17/h4-7H,3H2,1-2H3. The Morgan fingerprint density at radius 3 is 2.38 bits per heavy atom. The molecule has 114 valence electrons. The Kier molecular flexibility index (Phi) is 4.09. The minimum absolute atomic E-state index is 0.112. The van der Waals surface area contributed by atoms with Gasteiger partial charge in [-0.3, -0.25) is 4.57 Å². The van der Waals surface area contributed by atoms with Crippen molar-refractivity contribution < 1.29 is 16.8 Å². The molecule has 0 spiro atoms. The summed E-state index contributed by atoms with van der Waals surface area (Å²) >= 11 is 0. The monoisotopic (exact) mass is 349 g/mol. The highest BCUT2D eigenvalue weighted by Gasteiger charge is 2.22. The van der Waals surface area contributed by atoms with Gasteiger partial charge in [-0.2, -0.15) is 0 Å². The molecule has 0 fully saturated rings. The van der Waals surface area contributed by atoms with Crippen molar-refractivity contribution in [3.8, 4) is 11.4 Å². The number of aromatic nitrogens is 3. The lowest BCUT2D eigenvalue weighted by molar-refractivity contribution is 0.582. The molecule has 21 heavy (non-hydrogen) atoms. The molecule has 1 heterocycles. The minimum atomic E-state index is -4.03. The van der Waals surface area contributed by atoms with Gasteiger partial charge in [0.2, 0.25) is 0 Å². The largest absolute Gasteiger partial charge is 0.297 e. The van der Waals surface area contributed by atoms with Gasteiger partial charge in [-0.15, -0.1) is 10.2 Å². The van der Waals surface area contributed by atoms with E-state index < -0.39 is 18.9 Å². The van der Waals surface area contributed by atoms with Gasteiger partial charge in [0.15, 0.2) is 15.7 Å². The van der Waals surface area contributed by atoms with Gasteiger partial charge < -0.3 is 0 Å². The van der Waals surface area contributed by atoms with Crippen LogP contribution in [0.15, 0.2) is 34.3 Å². The third kappa shape index (κ3) is 3.25. The molecule has 7 nitrogen and oxygen atoms in total. The summed E-state index contributed by atoms with van der Waals surface area (Å²) in [7, 11) is -2.10. The van der Waals surface area contributed by atoms with Crippen molar-refractivity contribution >= 4 is 29.6 Å². The first-order chi connectivity index (χ1) is 9.64. The average molecular weight is 350 g/mol. The molecule has 0 saturated heterocycles. The molecule has 2 rings (SSSR count). The van der Waals surface area contributed by atoms with Crippen molar-refractivity contribution in [1.82, 2.24) is 14.8 Å². The van der Waals surface area contributed by atoms with Crippen LogP contribution in [0, 0.1) is 0 Å². The van der Waals surface area contributed by atoms with Gasteiger partial charge in [-0.1, -0.05) is 12.1 Å². The number of rotatable bonds is 4. The second-order valence-corrected chi connectivity index (χ2v) is 8.76. The fourth-order valence-corrected chi connectivity index (χ4v) is 3.46. The molecule has 0 atom stereocenters. The maximum Gasteiger partial charge on any atom is 0.296 e. The van der Waals surface area contributed by atoms with Crippen LogP contribution >= 0.6 is 10.7 Å². The highest BCUT2D eigenvalue weighted by Crippen LogP contribution is 2.24. The summed E-state index contributed by atoms with van der Waals surface area (Å²) in [6.45, 7) is 1.98. The van der Waals surface area contributed by atoms with Gasteiger partial charge in [-0.05, 0) is 19.1 Å². The van der Waals surface area contributed by atoms with Gasteiger partial charge in [0.25, 0.3) is 14.2 Å². The number of hydrogen-bond acceptors (Lipinski definition) is 6. The van der Waals surface area contributed by atoms with E-state index in [4.69, 9.17) is 10.7 Å². The molecule has 2 aromatic rings. The third-order valence-corrected chi connectivity index (χ3v) is 5.03. The van der Waals surface area contributed by atoms with Crippen molar-refractivity contribution in [2.45, 2.75) is 23.5 Å². The normalized spacial score (nSPS) is 12.5. The van der Waals surface area contributed by atoms with E-state index in [1.54, 1.807) is 19.1 Å². The summed E-state index contributed by atoms with van der Waals surface area (Å²) in [4.78, 5) is 0.112. The Morgan fingerprint density at radius 1 is 1.19 bits per heavy atom. The molecule has 0 bridgehead atoms. The van der Waals surface area contributed by atoms with E-state index in [9.17, 15) is 16.8 Å². The number of benzene rings is 1. The van der Waals surface area contributed by atoms with E-state index >= 15 is 0 Å². The van der Waals surface area contributed by atoms with Crippen LogP contribution in [0.4, 0.5) is 0 Å². The molecule has 0 N–H and O–H groups in total. The summed E-state index contributed by atoms with van der Waals surface area (Å²) in [5, 5.41) is 7.00. The van der Waals surface area contributed by atoms with Crippen LogP contribution < -0.4 is 0 Å². The Hall–Kier alpha value is -1.45. The van der Waals surface area contributed by atoms with Crippen molar-refractivity contribution in [3.05, 3.63) is 24.3 Å². The molecule has 0 saturated carbocycles. The smallest absolute Gasteiger partial charge is 0.296 e. The highest BCUT2D eigenvalue weighted by molar-refractivity contribution is 8.13. The summed E-state index contributed by atoms with van der Waals surface area (Å²) in [6.07, 6.45) is 1.09. The number of sulfone groups is 1. The average Bonchev–Trinajstić information content (AvgIpc) is 2.81. The number of nitrogens with zero attached hydrogens (tertiary/aromatic N) is 3. The first kappa shape index (κ1) is 15.9. The van der Waals surface area contributed by atoms with Crippen LogP contribution in [0.25, 0.3) is 11.4 Å².